The Morgan fingerprint density at radius 2 is 1.79 bits per heavy atom. The Balaban J connectivity index is 1.62. The maximum absolute atomic E-state index is 11.2. The van der Waals surface area contributed by atoms with E-state index in [1.165, 1.54) is 6.92 Å². The average molecular weight is 378 g/mol. The zero-order valence-corrected chi connectivity index (χ0v) is 15.6. The van der Waals surface area contributed by atoms with Gasteiger partial charge in [-0.25, -0.2) is 0 Å². The van der Waals surface area contributed by atoms with Gasteiger partial charge in [-0.1, -0.05) is 24.3 Å². The first-order valence-electron chi connectivity index (χ1n) is 9.20. The summed E-state index contributed by atoms with van der Waals surface area (Å²) in [5, 5.41) is 25.4. The lowest BCUT2D eigenvalue weighted by Crippen LogP contribution is -2.44. The van der Waals surface area contributed by atoms with Crippen LogP contribution in [0.2, 0.25) is 0 Å². The summed E-state index contributed by atoms with van der Waals surface area (Å²) in [6, 6.07) is 12.9. The third-order valence-corrected chi connectivity index (χ3v) is 4.70. The topological polar surface area (TPSA) is 106 Å². The summed E-state index contributed by atoms with van der Waals surface area (Å²) in [7, 11) is 0. The molecule has 1 fully saturated rings. The van der Waals surface area contributed by atoms with Gasteiger partial charge in [-0.15, -0.1) is 10.2 Å². The zero-order chi connectivity index (χ0) is 19.5. The predicted molar refractivity (Wildman–Crippen MR) is 108 cm³/mol. The number of para-hydroxylation sites is 1. The van der Waals surface area contributed by atoms with Crippen LogP contribution in [-0.2, 0) is 4.79 Å². The Morgan fingerprint density at radius 1 is 1.07 bits per heavy atom. The van der Waals surface area contributed by atoms with Gasteiger partial charge in [0.15, 0.2) is 5.82 Å². The fourth-order valence-electron chi connectivity index (χ4n) is 3.30. The van der Waals surface area contributed by atoms with Crippen LogP contribution < -0.4 is 15.5 Å². The molecule has 0 saturated carbocycles. The second kappa shape index (κ2) is 7.69. The van der Waals surface area contributed by atoms with E-state index < -0.39 is 0 Å². The number of aromatic hydroxyl groups is 1. The molecule has 2 aromatic carbocycles. The van der Waals surface area contributed by atoms with Gasteiger partial charge < -0.3 is 25.6 Å². The van der Waals surface area contributed by atoms with Gasteiger partial charge in [0.25, 0.3) is 0 Å². The SMILES string of the molecule is CC(=O)Nc1ccc(-c2cccc(-c3nnc(N4CCNCC4)[nH]3)c2O)cc1. The molecular formula is C20H22N6O2. The number of nitrogens with zero attached hydrogens (tertiary/aromatic N) is 3. The number of carbonyl (C=O) groups excluding carboxylic acids is 1. The number of benzene rings is 2. The van der Waals surface area contributed by atoms with Crippen LogP contribution in [0.25, 0.3) is 22.5 Å². The molecule has 1 aliphatic rings. The molecule has 144 valence electrons. The number of hydrogen-bond donors (Lipinski definition) is 4. The molecule has 2 heterocycles. The molecule has 4 N–H and O–H groups in total. The van der Waals surface area contributed by atoms with Crippen LogP contribution in [0.1, 0.15) is 6.92 Å². The smallest absolute Gasteiger partial charge is 0.224 e. The number of piperazine rings is 1. The fourth-order valence-corrected chi connectivity index (χ4v) is 3.30. The van der Waals surface area contributed by atoms with Gasteiger partial charge in [-0.2, -0.15) is 0 Å². The van der Waals surface area contributed by atoms with Crippen molar-refractivity contribution in [1.29, 1.82) is 0 Å². The molecule has 8 heteroatoms. The molecule has 0 bridgehead atoms. The van der Waals surface area contributed by atoms with Crippen LogP contribution in [-0.4, -0.2) is 52.4 Å². The van der Waals surface area contributed by atoms with Crippen molar-refractivity contribution in [3.05, 3.63) is 42.5 Å². The highest BCUT2D eigenvalue weighted by atomic mass is 16.3. The standard InChI is InChI=1S/C20H22N6O2/c1-13(27)22-15-7-5-14(6-8-15)16-3-2-4-17(18(16)28)19-23-20(25-24-19)26-11-9-21-10-12-26/h2-8,21,28H,9-12H2,1H3,(H,22,27)(H,23,24,25). The fraction of sp³-hybridized carbons (Fsp3) is 0.250. The van der Waals surface area contributed by atoms with E-state index in [-0.39, 0.29) is 11.7 Å². The molecule has 0 spiro atoms. The first kappa shape index (κ1) is 18.0. The quantitative estimate of drug-likeness (QED) is 0.555. The van der Waals surface area contributed by atoms with Crippen LogP contribution in [0.3, 0.4) is 0 Å². The molecule has 4 rings (SSSR count). The number of aromatic amines is 1. The normalized spacial score (nSPS) is 14.1. The van der Waals surface area contributed by atoms with Gasteiger partial charge in [-0.05, 0) is 23.8 Å². The van der Waals surface area contributed by atoms with E-state index in [2.05, 4.69) is 30.7 Å². The molecule has 0 aliphatic carbocycles. The molecule has 1 amide bonds. The number of phenolic OH excluding ortho intramolecular Hbond substituents is 1. The van der Waals surface area contributed by atoms with Crippen LogP contribution in [0, 0.1) is 0 Å². The second-order valence-electron chi connectivity index (χ2n) is 6.69. The van der Waals surface area contributed by atoms with Gasteiger partial charge in [0.05, 0.1) is 5.56 Å². The second-order valence-corrected chi connectivity index (χ2v) is 6.69. The highest BCUT2D eigenvalue weighted by Crippen LogP contribution is 2.37. The van der Waals surface area contributed by atoms with Gasteiger partial charge in [0.1, 0.15) is 5.75 Å². The minimum absolute atomic E-state index is 0.122. The summed E-state index contributed by atoms with van der Waals surface area (Å²) < 4.78 is 0. The average Bonchev–Trinajstić information content (AvgIpc) is 3.19. The predicted octanol–water partition coefficient (Wildman–Crippen LogP) is 2.21. The highest BCUT2D eigenvalue weighted by molar-refractivity contribution is 5.89. The Labute approximate surface area is 162 Å². The van der Waals surface area contributed by atoms with Crippen molar-refractivity contribution in [3.8, 4) is 28.3 Å². The summed E-state index contributed by atoms with van der Waals surface area (Å²) in [5.41, 5.74) is 2.84. The summed E-state index contributed by atoms with van der Waals surface area (Å²) in [5.74, 6) is 1.25. The van der Waals surface area contributed by atoms with Crippen molar-refractivity contribution in [2.75, 3.05) is 36.4 Å². The number of hydrogen-bond acceptors (Lipinski definition) is 6. The van der Waals surface area contributed by atoms with E-state index in [9.17, 15) is 9.90 Å². The number of nitrogens with one attached hydrogen (secondary N) is 3. The molecule has 3 aromatic rings. The van der Waals surface area contributed by atoms with Crippen molar-refractivity contribution < 1.29 is 9.90 Å². The van der Waals surface area contributed by atoms with E-state index in [1.807, 2.05) is 30.3 Å². The maximum Gasteiger partial charge on any atom is 0.224 e. The number of aromatic nitrogens is 3. The largest absolute Gasteiger partial charge is 0.507 e. The van der Waals surface area contributed by atoms with Gasteiger partial charge in [0, 0.05) is 44.4 Å². The molecule has 28 heavy (non-hydrogen) atoms. The summed E-state index contributed by atoms with van der Waals surface area (Å²) >= 11 is 0. The monoisotopic (exact) mass is 378 g/mol. The maximum atomic E-state index is 11.2. The summed E-state index contributed by atoms with van der Waals surface area (Å²) in [6.45, 7) is 5.01. The molecule has 8 nitrogen and oxygen atoms in total. The lowest BCUT2D eigenvalue weighted by molar-refractivity contribution is -0.114. The number of rotatable bonds is 4. The Bertz CT molecular complexity index is 977. The Kier molecular flexibility index (Phi) is 4.94. The molecule has 1 aromatic heterocycles. The van der Waals surface area contributed by atoms with Gasteiger partial charge in [0.2, 0.25) is 11.9 Å². The third kappa shape index (κ3) is 3.67. The van der Waals surface area contributed by atoms with Gasteiger partial charge in [-0.3, -0.25) is 4.79 Å². The Hall–Kier alpha value is -3.39. The van der Waals surface area contributed by atoms with E-state index in [4.69, 9.17) is 0 Å². The van der Waals surface area contributed by atoms with Crippen molar-refractivity contribution >= 4 is 17.5 Å². The number of amides is 1. The van der Waals surface area contributed by atoms with Crippen LogP contribution >= 0.6 is 0 Å². The number of H-pyrrole nitrogens is 1. The van der Waals surface area contributed by atoms with Crippen molar-refractivity contribution in [1.82, 2.24) is 20.5 Å². The molecular weight excluding hydrogens is 356 g/mol. The number of anilines is 2. The number of phenols is 1. The van der Waals surface area contributed by atoms with Crippen LogP contribution in [0.5, 0.6) is 5.75 Å². The van der Waals surface area contributed by atoms with Crippen molar-refractivity contribution in [2.45, 2.75) is 6.92 Å². The van der Waals surface area contributed by atoms with Crippen molar-refractivity contribution in [3.63, 3.8) is 0 Å². The first-order chi connectivity index (χ1) is 13.6. The van der Waals surface area contributed by atoms with E-state index in [0.29, 0.717) is 28.6 Å². The van der Waals surface area contributed by atoms with Crippen LogP contribution in [0.4, 0.5) is 11.6 Å². The van der Waals surface area contributed by atoms with E-state index in [1.54, 1.807) is 12.1 Å². The molecule has 0 radical (unpaired) electrons. The number of carbonyl (C=O) groups is 1. The van der Waals surface area contributed by atoms with E-state index in [0.717, 1.165) is 31.7 Å². The molecule has 0 atom stereocenters. The zero-order valence-electron chi connectivity index (χ0n) is 15.6. The van der Waals surface area contributed by atoms with E-state index >= 15 is 0 Å². The lowest BCUT2D eigenvalue weighted by atomic mass is 10.0. The lowest BCUT2D eigenvalue weighted by Gasteiger charge is -2.26. The molecule has 1 saturated heterocycles. The molecule has 1 aliphatic heterocycles. The third-order valence-electron chi connectivity index (χ3n) is 4.70. The highest BCUT2D eigenvalue weighted by Gasteiger charge is 2.18. The van der Waals surface area contributed by atoms with Crippen molar-refractivity contribution in [2.24, 2.45) is 0 Å². The minimum atomic E-state index is -0.122. The Morgan fingerprint density at radius 3 is 2.50 bits per heavy atom. The summed E-state index contributed by atoms with van der Waals surface area (Å²) in [6.07, 6.45) is 0. The molecule has 0 unspecified atom stereocenters. The first-order valence-corrected chi connectivity index (χ1v) is 9.20. The summed E-state index contributed by atoms with van der Waals surface area (Å²) in [4.78, 5) is 16.5. The minimum Gasteiger partial charge on any atom is -0.507 e. The van der Waals surface area contributed by atoms with Gasteiger partial charge >= 0.3 is 0 Å². The van der Waals surface area contributed by atoms with Crippen LogP contribution in [0.15, 0.2) is 42.5 Å².